The molecule has 3 rings (SSSR count). The Morgan fingerprint density at radius 1 is 1.27 bits per heavy atom. The Bertz CT molecular complexity index is 980. The Morgan fingerprint density at radius 2 is 1.96 bits per heavy atom. The Balaban J connectivity index is 2.16. The number of phenolic OH excluding ortho intramolecular Hbond substituents is 1. The summed E-state index contributed by atoms with van der Waals surface area (Å²) in [5.41, 5.74) is 7.39. The number of nitrogens with zero attached hydrogens (tertiary/aromatic N) is 1. The van der Waals surface area contributed by atoms with Crippen molar-refractivity contribution in [2.45, 2.75) is 5.92 Å². The molecule has 0 amide bonds. The molecule has 0 aromatic heterocycles. The van der Waals surface area contributed by atoms with Crippen molar-refractivity contribution in [1.29, 1.82) is 5.26 Å². The monoisotopic (exact) mass is 386 g/mol. The topological polar surface area (TPSA) is 88.5 Å². The fourth-order valence-electron chi connectivity index (χ4n) is 2.78. The molecule has 2 aromatic carbocycles. The number of hydrogen-bond acceptors (Lipinski definition) is 5. The number of phenols is 1. The van der Waals surface area contributed by atoms with Crippen LogP contribution >= 0.6 is 23.2 Å². The highest BCUT2D eigenvalue weighted by Gasteiger charge is 2.31. The molecule has 2 aromatic rings. The highest BCUT2D eigenvalue weighted by molar-refractivity contribution is 6.37. The number of aromatic hydroxyl groups is 1. The number of terminal acetylenes is 1. The fraction of sp³-hybridized carbons (Fsp3) is 0.105. The Hall–Kier alpha value is -2.99. The van der Waals surface area contributed by atoms with Crippen LogP contribution in [0.3, 0.4) is 0 Å². The van der Waals surface area contributed by atoms with Crippen LogP contribution in [0.4, 0.5) is 0 Å². The van der Waals surface area contributed by atoms with Gasteiger partial charge in [0.2, 0.25) is 5.88 Å². The van der Waals surface area contributed by atoms with E-state index in [4.69, 9.17) is 44.8 Å². The zero-order valence-corrected chi connectivity index (χ0v) is 14.8. The van der Waals surface area contributed by atoms with Crippen LogP contribution in [0.15, 0.2) is 41.8 Å². The molecular weight excluding hydrogens is 375 g/mol. The first-order chi connectivity index (χ1) is 12.5. The summed E-state index contributed by atoms with van der Waals surface area (Å²) in [6.45, 7) is 0.0223. The predicted octanol–water partition coefficient (Wildman–Crippen LogP) is 3.93. The van der Waals surface area contributed by atoms with Gasteiger partial charge in [-0.15, -0.1) is 6.42 Å². The minimum atomic E-state index is -0.555. The standard InChI is InChI=1S/C19H12Cl2N2O3/c1-2-5-25-18-14(20)6-10(7-15(18)21)17-12-4-3-11(24)8-16(12)26-19(23)13(17)9-22/h1,3-4,6-8,17,24H,5,23H2/t17-/m0/s1. The average molecular weight is 387 g/mol. The molecule has 130 valence electrons. The first kappa shape index (κ1) is 17.8. The van der Waals surface area contributed by atoms with Crippen LogP contribution in [0.25, 0.3) is 0 Å². The van der Waals surface area contributed by atoms with Crippen molar-refractivity contribution in [3.63, 3.8) is 0 Å². The van der Waals surface area contributed by atoms with Gasteiger partial charge in [0.05, 0.1) is 16.0 Å². The van der Waals surface area contributed by atoms with Crippen LogP contribution in [-0.4, -0.2) is 11.7 Å². The SMILES string of the molecule is C#CCOc1c(Cl)cc([C@@H]2C(C#N)=C(N)Oc3cc(O)ccc32)cc1Cl. The van der Waals surface area contributed by atoms with E-state index >= 15 is 0 Å². The summed E-state index contributed by atoms with van der Waals surface area (Å²) in [5.74, 6) is 2.38. The summed E-state index contributed by atoms with van der Waals surface area (Å²) in [7, 11) is 0. The molecular formula is C19H12Cl2N2O3. The van der Waals surface area contributed by atoms with Crippen molar-refractivity contribution in [3.8, 4) is 35.7 Å². The second kappa shape index (κ2) is 7.09. The van der Waals surface area contributed by atoms with Crippen LogP contribution in [-0.2, 0) is 0 Å². The number of halogens is 2. The van der Waals surface area contributed by atoms with E-state index in [9.17, 15) is 10.4 Å². The van der Waals surface area contributed by atoms with E-state index in [1.54, 1.807) is 18.2 Å². The molecule has 0 radical (unpaired) electrons. The molecule has 1 aliphatic heterocycles. The lowest BCUT2D eigenvalue weighted by Gasteiger charge is -2.27. The molecule has 0 spiro atoms. The maximum absolute atomic E-state index is 9.68. The van der Waals surface area contributed by atoms with Crippen LogP contribution in [0.5, 0.6) is 17.2 Å². The van der Waals surface area contributed by atoms with Crippen LogP contribution < -0.4 is 15.2 Å². The minimum absolute atomic E-state index is 0.0183. The molecule has 3 N–H and O–H groups in total. The number of benzene rings is 2. The summed E-state index contributed by atoms with van der Waals surface area (Å²) in [5, 5.41) is 19.7. The molecule has 5 nitrogen and oxygen atoms in total. The number of ether oxygens (including phenoxy) is 2. The van der Waals surface area contributed by atoms with Gasteiger partial charge >= 0.3 is 0 Å². The van der Waals surface area contributed by atoms with Gasteiger partial charge in [0.15, 0.2) is 5.75 Å². The first-order valence-corrected chi connectivity index (χ1v) is 8.17. The number of rotatable bonds is 3. The summed E-state index contributed by atoms with van der Waals surface area (Å²) < 4.78 is 10.8. The van der Waals surface area contributed by atoms with Crippen LogP contribution in [0.1, 0.15) is 17.0 Å². The molecule has 0 fully saturated rings. The summed E-state index contributed by atoms with van der Waals surface area (Å²) in [6.07, 6.45) is 5.19. The minimum Gasteiger partial charge on any atom is -0.508 e. The van der Waals surface area contributed by atoms with Crippen molar-refractivity contribution < 1.29 is 14.6 Å². The number of allylic oxidation sites excluding steroid dienone is 1. The van der Waals surface area contributed by atoms with Crippen molar-refractivity contribution in [2.24, 2.45) is 5.73 Å². The van der Waals surface area contributed by atoms with Crippen LogP contribution in [0.2, 0.25) is 10.0 Å². The van der Waals surface area contributed by atoms with Crippen LogP contribution in [0, 0.1) is 23.7 Å². The largest absolute Gasteiger partial charge is 0.508 e. The van der Waals surface area contributed by atoms with E-state index < -0.39 is 5.92 Å². The van der Waals surface area contributed by atoms with E-state index in [1.165, 1.54) is 12.1 Å². The zero-order chi connectivity index (χ0) is 18.8. The predicted molar refractivity (Wildman–Crippen MR) is 98.2 cm³/mol. The normalized spacial score (nSPS) is 15.5. The quantitative estimate of drug-likeness (QED) is 0.780. The van der Waals surface area contributed by atoms with Gasteiger partial charge in [-0.1, -0.05) is 35.2 Å². The number of nitriles is 1. The van der Waals surface area contributed by atoms with Crippen molar-refractivity contribution in [2.75, 3.05) is 6.61 Å². The lowest BCUT2D eigenvalue weighted by atomic mass is 9.83. The highest BCUT2D eigenvalue weighted by Crippen LogP contribution is 2.46. The highest BCUT2D eigenvalue weighted by atomic mass is 35.5. The molecule has 0 saturated heterocycles. The number of hydrogen-bond donors (Lipinski definition) is 2. The molecule has 0 unspecified atom stereocenters. The lowest BCUT2D eigenvalue weighted by molar-refractivity contribution is 0.370. The van der Waals surface area contributed by atoms with Gasteiger partial charge in [0, 0.05) is 11.6 Å². The maximum atomic E-state index is 9.68. The maximum Gasteiger partial charge on any atom is 0.205 e. The summed E-state index contributed by atoms with van der Waals surface area (Å²) >= 11 is 12.6. The van der Waals surface area contributed by atoms with E-state index in [1.807, 2.05) is 0 Å². The lowest BCUT2D eigenvalue weighted by Crippen LogP contribution is -2.21. The van der Waals surface area contributed by atoms with Gasteiger partial charge in [-0.25, -0.2) is 0 Å². The van der Waals surface area contributed by atoms with E-state index in [-0.39, 0.29) is 39.6 Å². The Labute approximate surface area is 160 Å². The number of fused-ring (bicyclic) bond motifs is 1. The third-order valence-corrected chi connectivity index (χ3v) is 4.42. The van der Waals surface area contributed by atoms with Gasteiger partial charge in [-0.05, 0) is 23.8 Å². The molecule has 1 heterocycles. The van der Waals surface area contributed by atoms with Gasteiger partial charge < -0.3 is 20.3 Å². The molecule has 7 heteroatoms. The molecule has 1 atom stereocenters. The van der Waals surface area contributed by atoms with Crippen molar-refractivity contribution >= 4 is 23.2 Å². The van der Waals surface area contributed by atoms with E-state index in [0.717, 1.165) is 0 Å². The molecule has 1 aliphatic rings. The average Bonchev–Trinajstić information content (AvgIpc) is 2.59. The van der Waals surface area contributed by atoms with Gasteiger partial charge in [0.1, 0.15) is 29.7 Å². The first-order valence-electron chi connectivity index (χ1n) is 7.42. The molecule has 0 bridgehead atoms. The summed E-state index contributed by atoms with van der Waals surface area (Å²) in [6, 6.07) is 9.92. The molecule has 0 aliphatic carbocycles. The third kappa shape index (κ3) is 3.11. The second-order valence-corrected chi connectivity index (χ2v) is 6.27. The second-order valence-electron chi connectivity index (χ2n) is 5.45. The Kier molecular flexibility index (Phi) is 4.86. The molecule has 26 heavy (non-hydrogen) atoms. The Morgan fingerprint density at radius 3 is 2.58 bits per heavy atom. The third-order valence-electron chi connectivity index (χ3n) is 3.86. The van der Waals surface area contributed by atoms with Gasteiger partial charge in [0.25, 0.3) is 0 Å². The van der Waals surface area contributed by atoms with Gasteiger partial charge in [-0.3, -0.25) is 0 Å². The summed E-state index contributed by atoms with van der Waals surface area (Å²) in [4.78, 5) is 0. The smallest absolute Gasteiger partial charge is 0.205 e. The van der Waals surface area contributed by atoms with E-state index in [0.29, 0.717) is 16.9 Å². The van der Waals surface area contributed by atoms with Crippen molar-refractivity contribution in [3.05, 3.63) is 63.0 Å². The van der Waals surface area contributed by atoms with Crippen molar-refractivity contribution in [1.82, 2.24) is 0 Å². The van der Waals surface area contributed by atoms with E-state index in [2.05, 4.69) is 12.0 Å². The fourth-order valence-corrected chi connectivity index (χ4v) is 3.40. The number of nitrogens with two attached hydrogens (primary N) is 1. The van der Waals surface area contributed by atoms with Gasteiger partial charge in [-0.2, -0.15) is 5.26 Å². The zero-order valence-electron chi connectivity index (χ0n) is 13.3. The molecule has 0 saturated carbocycles.